The molecule has 1 fully saturated rings. The van der Waals surface area contributed by atoms with E-state index in [1.54, 1.807) is 0 Å². The third-order valence-electron chi connectivity index (χ3n) is 4.20. The Hall–Kier alpha value is -1.71. The molecule has 1 aromatic rings. The highest BCUT2D eigenvalue weighted by Gasteiger charge is 2.32. The SMILES string of the molecule is CC1CC(C)(C)CCC1Nc1ccc(NC(N)=O)cc1. The number of benzene rings is 1. The Kier molecular flexibility index (Phi) is 4.21. The topological polar surface area (TPSA) is 67.2 Å². The summed E-state index contributed by atoms with van der Waals surface area (Å²) in [7, 11) is 0. The number of nitrogens with one attached hydrogen (secondary N) is 2. The summed E-state index contributed by atoms with van der Waals surface area (Å²) in [6.07, 6.45) is 3.72. The quantitative estimate of drug-likeness (QED) is 0.785. The van der Waals surface area contributed by atoms with Crippen molar-refractivity contribution in [1.82, 2.24) is 0 Å². The lowest BCUT2D eigenvalue weighted by atomic mass is 9.70. The molecule has 0 saturated heterocycles. The van der Waals surface area contributed by atoms with E-state index < -0.39 is 6.03 Å². The number of hydrogen-bond acceptors (Lipinski definition) is 2. The fourth-order valence-corrected chi connectivity index (χ4v) is 3.17. The van der Waals surface area contributed by atoms with Gasteiger partial charge in [-0.2, -0.15) is 0 Å². The number of hydrogen-bond donors (Lipinski definition) is 3. The number of carbonyl (C=O) groups excluding carboxylic acids is 1. The Balaban J connectivity index is 1.95. The van der Waals surface area contributed by atoms with E-state index in [0.29, 0.717) is 17.4 Å². The molecule has 1 saturated carbocycles. The lowest BCUT2D eigenvalue weighted by molar-refractivity contribution is 0.177. The zero-order valence-corrected chi connectivity index (χ0v) is 12.6. The molecule has 110 valence electrons. The van der Waals surface area contributed by atoms with Crippen LogP contribution in [0.1, 0.15) is 40.0 Å². The summed E-state index contributed by atoms with van der Waals surface area (Å²) >= 11 is 0. The van der Waals surface area contributed by atoms with Gasteiger partial charge in [-0.15, -0.1) is 0 Å². The van der Waals surface area contributed by atoms with E-state index in [0.717, 1.165) is 11.4 Å². The molecule has 4 N–H and O–H groups in total. The van der Waals surface area contributed by atoms with Crippen molar-refractivity contribution < 1.29 is 4.79 Å². The van der Waals surface area contributed by atoms with Gasteiger partial charge in [-0.05, 0) is 54.9 Å². The molecule has 0 heterocycles. The zero-order valence-electron chi connectivity index (χ0n) is 12.6. The van der Waals surface area contributed by atoms with Crippen LogP contribution < -0.4 is 16.4 Å². The zero-order chi connectivity index (χ0) is 14.8. The van der Waals surface area contributed by atoms with Crippen LogP contribution in [0, 0.1) is 11.3 Å². The van der Waals surface area contributed by atoms with Gasteiger partial charge in [0.25, 0.3) is 0 Å². The van der Waals surface area contributed by atoms with Crippen LogP contribution in [0.2, 0.25) is 0 Å². The Morgan fingerprint density at radius 3 is 2.40 bits per heavy atom. The monoisotopic (exact) mass is 275 g/mol. The molecule has 0 aliphatic heterocycles. The summed E-state index contributed by atoms with van der Waals surface area (Å²) in [6, 6.07) is 7.69. The Morgan fingerprint density at radius 1 is 1.25 bits per heavy atom. The van der Waals surface area contributed by atoms with Crippen LogP contribution in [0.4, 0.5) is 16.2 Å². The molecule has 1 aliphatic carbocycles. The molecule has 2 atom stereocenters. The van der Waals surface area contributed by atoms with Crippen molar-refractivity contribution in [2.24, 2.45) is 17.1 Å². The largest absolute Gasteiger partial charge is 0.382 e. The minimum Gasteiger partial charge on any atom is -0.382 e. The fraction of sp³-hybridized carbons (Fsp3) is 0.562. The number of anilines is 2. The van der Waals surface area contributed by atoms with Crippen LogP contribution in [0.3, 0.4) is 0 Å². The summed E-state index contributed by atoms with van der Waals surface area (Å²) in [4.78, 5) is 10.8. The van der Waals surface area contributed by atoms with Crippen LogP contribution >= 0.6 is 0 Å². The average Bonchev–Trinajstić information content (AvgIpc) is 2.34. The molecule has 1 aliphatic rings. The van der Waals surface area contributed by atoms with Gasteiger partial charge in [-0.25, -0.2) is 4.79 Å². The Bertz CT molecular complexity index is 467. The molecule has 0 radical (unpaired) electrons. The highest BCUT2D eigenvalue weighted by atomic mass is 16.2. The van der Waals surface area contributed by atoms with E-state index in [2.05, 4.69) is 31.4 Å². The lowest BCUT2D eigenvalue weighted by Crippen LogP contribution is -2.36. The molecule has 1 aromatic carbocycles. The van der Waals surface area contributed by atoms with Crippen LogP contribution in [-0.4, -0.2) is 12.1 Å². The van der Waals surface area contributed by atoms with Crippen LogP contribution in [0.15, 0.2) is 24.3 Å². The maximum absolute atomic E-state index is 10.8. The van der Waals surface area contributed by atoms with Gasteiger partial charge in [0.15, 0.2) is 0 Å². The van der Waals surface area contributed by atoms with E-state index >= 15 is 0 Å². The van der Waals surface area contributed by atoms with Gasteiger partial charge in [-0.1, -0.05) is 20.8 Å². The molecule has 4 heteroatoms. The highest BCUT2D eigenvalue weighted by Crippen LogP contribution is 2.39. The predicted molar refractivity (Wildman–Crippen MR) is 83.9 cm³/mol. The van der Waals surface area contributed by atoms with E-state index in [9.17, 15) is 4.79 Å². The van der Waals surface area contributed by atoms with Gasteiger partial charge >= 0.3 is 6.03 Å². The molecule has 4 nitrogen and oxygen atoms in total. The van der Waals surface area contributed by atoms with Crippen molar-refractivity contribution in [2.45, 2.75) is 46.1 Å². The molecule has 2 rings (SSSR count). The first kappa shape index (κ1) is 14.7. The summed E-state index contributed by atoms with van der Waals surface area (Å²) in [5.41, 5.74) is 7.37. The molecule has 0 bridgehead atoms. The molecule has 20 heavy (non-hydrogen) atoms. The second kappa shape index (κ2) is 5.73. The van der Waals surface area contributed by atoms with Crippen molar-refractivity contribution in [1.29, 1.82) is 0 Å². The van der Waals surface area contributed by atoms with Crippen molar-refractivity contribution in [3.05, 3.63) is 24.3 Å². The van der Waals surface area contributed by atoms with Gasteiger partial charge in [0.05, 0.1) is 0 Å². The van der Waals surface area contributed by atoms with Crippen molar-refractivity contribution in [3.8, 4) is 0 Å². The number of carbonyl (C=O) groups is 1. The van der Waals surface area contributed by atoms with Gasteiger partial charge in [0, 0.05) is 17.4 Å². The summed E-state index contributed by atoms with van der Waals surface area (Å²) in [5.74, 6) is 0.669. The van der Waals surface area contributed by atoms with Crippen LogP contribution in [0.25, 0.3) is 0 Å². The second-order valence-corrected chi connectivity index (χ2v) is 6.70. The molecular weight excluding hydrogens is 250 g/mol. The van der Waals surface area contributed by atoms with Gasteiger partial charge < -0.3 is 16.4 Å². The Morgan fingerprint density at radius 2 is 1.85 bits per heavy atom. The third-order valence-corrected chi connectivity index (χ3v) is 4.20. The smallest absolute Gasteiger partial charge is 0.316 e. The summed E-state index contributed by atoms with van der Waals surface area (Å²) < 4.78 is 0. The number of nitrogens with two attached hydrogens (primary N) is 1. The van der Waals surface area contributed by atoms with Crippen molar-refractivity contribution >= 4 is 17.4 Å². The normalized spacial score (nSPS) is 24.9. The van der Waals surface area contributed by atoms with Crippen LogP contribution in [0.5, 0.6) is 0 Å². The molecule has 2 unspecified atom stereocenters. The number of amides is 2. The average molecular weight is 275 g/mol. The molecular formula is C16H25N3O. The highest BCUT2D eigenvalue weighted by molar-refractivity contribution is 5.87. The third kappa shape index (κ3) is 3.89. The first-order valence-electron chi connectivity index (χ1n) is 7.29. The van der Waals surface area contributed by atoms with E-state index in [1.165, 1.54) is 19.3 Å². The minimum absolute atomic E-state index is 0.465. The summed E-state index contributed by atoms with van der Waals surface area (Å²) in [5, 5.41) is 6.17. The molecule has 2 amide bonds. The maximum Gasteiger partial charge on any atom is 0.316 e. The first-order valence-corrected chi connectivity index (χ1v) is 7.29. The fourth-order valence-electron chi connectivity index (χ4n) is 3.17. The van der Waals surface area contributed by atoms with Gasteiger partial charge in [-0.3, -0.25) is 0 Å². The molecule has 0 aromatic heterocycles. The maximum atomic E-state index is 10.8. The van der Waals surface area contributed by atoms with E-state index in [4.69, 9.17) is 5.73 Å². The van der Waals surface area contributed by atoms with Crippen LogP contribution in [-0.2, 0) is 0 Å². The van der Waals surface area contributed by atoms with Crippen molar-refractivity contribution in [2.75, 3.05) is 10.6 Å². The van der Waals surface area contributed by atoms with E-state index in [-0.39, 0.29) is 0 Å². The number of primary amides is 1. The van der Waals surface area contributed by atoms with Gasteiger partial charge in [0.2, 0.25) is 0 Å². The number of urea groups is 1. The van der Waals surface area contributed by atoms with Crippen molar-refractivity contribution in [3.63, 3.8) is 0 Å². The minimum atomic E-state index is -0.533. The number of rotatable bonds is 3. The first-order chi connectivity index (χ1) is 9.35. The Labute approximate surface area is 121 Å². The van der Waals surface area contributed by atoms with E-state index in [1.807, 2.05) is 24.3 Å². The standard InChI is InChI=1S/C16H25N3O/c1-11-10-16(2,3)9-8-14(11)18-12-4-6-13(7-5-12)19-15(17)20/h4-7,11,14,18H,8-10H2,1-3H3,(H3,17,19,20). The second-order valence-electron chi connectivity index (χ2n) is 6.70. The predicted octanol–water partition coefficient (Wildman–Crippen LogP) is 3.80. The lowest BCUT2D eigenvalue weighted by Gasteiger charge is -2.40. The molecule has 0 spiro atoms. The van der Waals surface area contributed by atoms with Gasteiger partial charge in [0.1, 0.15) is 0 Å². The summed E-state index contributed by atoms with van der Waals surface area (Å²) in [6.45, 7) is 7.02.